The number of rotatable bonds is 7. The molecule has 33 heavy (non-hydrogen) atoms. The van der Waals surface area contributed by atoms with Gasteiger partial charge in [-0.1, -0.05) is 12.0 Å². The Morgan fingerprint density at radius 2 is 1.88 bits per heavy atom. The zero-order chi connectivity index (χ0) is 24.6. The summed E-state index contributed by atoms with van der Waals surface area (Å²) in [5.41, 5.74) is -0.538. The molecule has 2 rings (SSSR count). The third-order valence-corrected chi connectivity index (χ3v) is 5.37. The first-order valence-corrected chi connectivity index (χ1v) is 11.4. The first-order chi connectivity index (χ1) is 15.5. The molecule has 0 radical (unpaired) electrons. The van der Waals surface area contributed by atoms with E-state index in [1.807, 2.05) is 20.8 Å². The number of carbonyl (C=O) groups is 4. The van der Waals surface area contributed by atoms with Crippen LogP contribution in [0.3, 0.4) is 0 Å². The minimum Gasteiger partial charge on any atom is -0.466 e. The van der Waals surface area contributed by atoms with Gasteiger partial charge in [-0.05, 0) is 46.6 Å². The summed E-state index contributed by atoms with van der Waals surface area (Å²) in [6.45, 7) is 9.29. The lowest BCUT2D eigenvalue weighted by molar-refractivity contribution is -0.143. The lowest BCUT2D eigenvalue weighted by Crippen LogP contribution is -2.51. The normalized spacial score (nSPS) is 19.9. The Morgan fingerprint density at radius 1 is 1.18 bits per heavy atom. The average Bonchev–Trinajstić information content (AvgIpc) is 2.70. The lowest BCUT2D eigenvalue weighted by atomic mass is 9.96. The van der Waals surface area contributed by atoms with Crippen molar-refractivity contribution in [3.63, 3.8) is 0 Å². The molecule has 2 heterocycles. The summed E-state index contributed by atoms with van der Waals surface area (Å²) in [6, 6.07) is -0.742. The minimum atomic E-state index is -0.742. The molecule has 9 nitrogen and oxygen atoms in total. The molecular weight excluding hydrogens is 426 g/mol. The van der Waals surface area contributed by atoms with Crippen LogP contribution in [-0.2, 0) is 23.9 Å². The molecular formula is C24H35N3O6. The number of piperidine rings is 1. The molecule has 1 N–H and O–H groups in total. The van der Waals surface area contributed by atoms with Gasteiger partial charge in [-0.15, -0.1) is 6.42 Å². The summed E-state index contributed by atoms with van der Waals surface area (Å²) >= 11 is 0. The highest BCUT2D eigenvalue weighted by Gasteiger charge is 2.33. The molecule has 2 aliphatic heterocycles. The summed E-state index contributed by atoms with van der Waals surface area (Å²) in [7, 11) is 0. The lowest BCUT2D eigenvalue weighted by Gasteiger charge is -2.38. The molecule has 0 saturated carbocycles. The van der Waals surface area contributed by atoms with Gasteiger partial charge in [0, 0.05) is 32.1 Å². The predicted molar refractivity (Wildman–Crippen MR) is 122 cm³/mol. The van der Waals surface area contributed by atoms with E-state index in [2.05, 4.69) is 11.2 Å². The molecule has 2 atom stereocenters. The Kier molecular flexibility index (Phi) is 9.32. The van der Waals surface area contributed by atoms with E-state index in [1.54, 1.807) is 22.8 Å². The van der Waals surface area contributed by atoms with E-state index in [0.717, 1.165) is 0 Å². The second-order valence-electron chi connectivity index (χ2n) is 9.36. The van der Waals surface area contributed by atoms with Crippen LogP contribution in [-0.4, -0.2) is 78.1 Å². The molecule has 0 spiro atoms. The molecule has 0 aromatic rings. The topological polar surface area (TPSA) is 105 Å². The molecule has 0 unspecified atom stereocenters. The average molecular weight is 462 g/mol. The fraction of sp³-hybridized carbons (Fsp3) is 0.667. The van der Waals surface area contributed by atoms with Crippen molar-refractivity contribution in [3.8, 4) is 12.3 Å². The SMILES string of the molecule is C#C[C@H](CC(=O)OCC)NC(=O)[C@@H]1CCCN(C(=O)/C=C/C2CN(C(=O)OC(C)(C)C)C2)C1. The second-order valence-corrected chi connectivity index (χ2v) is 9.36. The largest absolute Gasteiger partial charge is 0.466 e. The van der Waals surface area contributed by atoms with Crippen molar-refractivity contribution in [2.24, 2.45) is 11.8 Å². The van der Waals surface area contributed by atoms with Crippen LogP contribution in [0.2, 0.25) is 0 Å². The number of hydrogen-bond donors (Lipinski definition) is 1. The molecule has 0 aromatic carbocycles. The number of likely N-dealkylation sites (tertiary alicyclic amines) is 2. The molecule has 0 aromatic heterocycles. The van der Waals surface area contributed by atoms with Crippen molar-refractivity contribution in [2.75, 3.05) is 32.8 Å². The molecule has 2 fully saturated rings. The van der Waals surface area contributed by atoms with Gasteiger partial charge in [-0.2, -0.15) is 0 Å². The highest BCUT2D eigenvalue weighted by Crippen LogP contribution is 2.21. The van der Waals surface area contributed by atoms with Crippen LogP contribution in [0.15, 0.2) is 12.2 Å². The Hall–Kier alpha value is -3.02. The summed E-state index contributed by atoms with van der Waals surface area (Å²) < 4.78 is 10.2. The highest BCUT2D eigenvalue weighted by atomic mass is 16.6. The van der Waals surface area contributed by atoms with E-state index in [1.165, 1.54) is 6.08 Å². The fourth-order valence-corrected chi connectivity index (χ4v) is 3.65. The van der Waals surface area contributed by atoms with Gasteiger partial charge < -0.3 is 24.6 Å². The standard InChI is InChI=1S/C24H35N3O6/c1-6-19(13-21(29)32-7-2)25-22(30)18-9-8-12-26(16-18)20(28)11-10-17-14-27(15-17)23(31)33-24(3,4)5/h1,10-11,17-19H,7-9,12-16H2,2-5H3,(H,25,30)/b11-10+/t18-,19-/m1/s1. The maximum atomic E-state index is 12.6. The molecule has 3 amide bonds. The van der Waals surface area contributed by atoms with Crippen molar-refractivity contribution in [1.82, 2.24) is 15.1 Å². The van der Waals surface area contributed by atoms with Crippen LogP contribution in [0.4, 0.5) is 4.79 Å². The van der Waals surface area contributed by atoms with Crippen molar-refractivity contribution >= 4 is 23.9 Å². The maximum absolute atomic E-state index is 12.6. The summed E-state index contributed by atoms with van der Waals surface area (Å²) in [5, 5.41) is 2.70. The van der Waals surface area contributed by atoms with Crippen molar-refractivity contribution in [2.45, 2.75) is 58.6 Å². The first-order valence-electron chi connectivity index (χ1n) is 11.4. The molecule has 182 valence electrons. The Balaban J connectivity index is 1.79. The molecule has 0 aliphatic carbocycles. The Bertz CT molecular complexity index is 804. The molecule has 2 aliphatic rings. The van der Waals surface area contributed by atoms with Gasteiger partial charge >= 0.3 is 12.1 Å². The van der Waals surface area contributed by atoms with Gasteiger partial charge in [-0.25, -0.2) is 4.79 Å². The first kappa shape index (κ1) is 26.2. The van der Waals surface area contributed by atoms with Crippen LogP contribution in [0.5, 0.6) is 0 Å². The fourth-order valence-electron chi connectivity index (χ4n) is 3.65. The van der Waals surface area contributed by atoms with E-state index in [-0.39, 0.29) is 42.8 Å². The predicted octanol–water partition coefficient (Wildman–Crippen LogP) is 1.72. The van der Waals surface area contributed by atoms with E-state index < -0.39 is 17.6 Å². The van der Waals surface area contributed by atoms with Crippen LogP contribution in [0, 0.1) is 24.2 Å². The van der Waals surface area contributed by atoms with E-state index in [0.29, 0.717) is 39.0 Å². The molecule has 9 heteroatoms. The monoisotopic (exact) mass is 461 g/mol. The smallest absolute Gasteiger partial charge is 0.410 e. The number of ether oxygens (including phenoxy) is 2. The molecule has 0 bridgehead atoms. The Morgan fingerprint density at radius 3 is 2.48 bits per heavy atom. The number of carbonyl (C=O) groups excluding carboxylic acids is 4. The zero-order valence-corrected chi connectivity index (χ0v) is 20.0. The third-order valence-electron chi connectivity index (χ3n) is 5.37. The van der Waals surface area contributed by atoms with E-state index in [9.17, 15) is 19.2 Å². The van der Waals surface area contributed by atoms with Crippen LogP contribution in [0.1, 0.15) is 47.0 Å². The maximum Gasteiger partial charge on any atom is 0.410 e. The zero-order valence-electron chi connectivity index (χ0n) is 20.0. The van der Waals surface area contributed by atoms with Crippen molar-refractivity contribution in [1.29, 1.82) is 0 Å². The van der Waals surface area contributed by atoms with E-state index in [4.69, 9.17) is 15.9 Å². The molecule has 2 saturated heterocycles. The second kappa shape index (κ2) is 11.7. The highest BCUT2D eigenvalue weighted by molar-refractivity contribution is 5.89. The summed E-state index contributed by atoms with van der Waals surface area (Å²) in [4.78, 5) is 52.1. The summed E-state index contributed by atoms with van der Waals surface area (Å²) in [5.74, 6) is 1.22. The number of nitrogens with one attached hydrogen (secondary N) is 1. The van der Waals surface area contributed by atoms with Crippen molar-refractivity contribution in [3.05, 3.63) is 12.2 Å². The number of hydrogen-bond acceptors (Lipinski definition) is 6. The number of esters is 1. The summed E-state index contributed by atoms with van der Waals surface area (Å²) in [6.07, 6.45) is 9.66. The number of terminal acetylenes is 1. The van der Waals surface area contributed by atoms with Gasteiger partial charge in [0.05, 0.1) is 18.9 Å². The minimum absolute atomic E-state index is 0.0874. The van der Waals surface area contributed by atoms with E-state index >= 15 is 0 Å². The quantitative estimate of drug-likeness (QED) is 0.352. The third kappa shape index (κ3) is 8.44. The van der Waals surface area contributed by atoms with Gasteiger partial charge in [0.1, 0.15) is 11.6 Å². The van der Waals surface area contributed by atoms with Crippen molar-refractivity contribution < 1.29 is 28.7 Å². The van der Waals surface area contributed by atoms with Crippen LogP contribution in [0.25, 0.3) is 0 Å². The van der Waals surface area contributed by atoms with Gasteiger partial charge in [0.25, 0.3) is 0 Å². The van der Waals surface area contributed by atoms with Gasteiger partial charge in [0.2, 0.25) is 11.8 Å². The van der Waals surface area contributed by atoms with Crippen LogP contribution >= 0.6 is 0 Å². The van der Waals surface area contributed by atoms with Crippen LogP contribution < -0.4 is 5.32 Å². The number of amides is 3. The van der Waals surface area contributed by atoms with Gasteiger partial charge in [0.15, 0.2) is 0 Å². The Labute approximate surface area is 195 Å². The number of nitrogens with zero attached hydrogens (tertiary/aromatic N) is 2. The van der Waals surface area contributed by atoms with Gasteiger partial charge in [-0.3, -0.25) is 14.4 Å².